The number of anilines is 1. The number of benzene rings is 2. The van der Waals surface area contributed by atoms with Crippen LogP contribution >= 0.6 is 0 Å². The average Bonchev–Trinajstić information content (AvgIpc) is 3.03. The van der Waals surface area contributed by atoms with E-state index in [4.69, 9.17) is 4.74 Å². The molecular formula is C25H29FN4O2. The first-order valence-electron chi connectivity index (χ1n) is 11.3. The van der Waals surface area contributed by atoms with Gasteiger partial charge in [-0.05, 0) is 54.7 Å². The largest absolute Gasteiger partial charge is 0.493 e. The molecule has 0 radical (unpaired) electrons. The number of carbonyl (C=O) groups excluding carboxylic acids is 1. The van der Waals surface area contributed by atoms with E-state index in [1.165, 1.54) is 11.6 Å². The van der Waals surface area contributed by atoms with Crippen LogP contribution in [0.4, 0.5) is 10.1 Å². The van der Waals surface area contributed by atoms with Gasteiger partial charge in [0.05, 0.1) is 18.7 Å². The van der Waals surface area contributed by atoms with Crippen molar-refractivity contribution < 1.29 is 13.9 Å². The number of aryl methyl sites for hydroxylation is 1. The van der Waals surface area contributed by atoms with E-state index < -0.39 is 5.82 Å². The first kappa shape index (κ1) is 22.0. The van der Waals surface area contributed by atoms with E-state index in [9.17, 15) is 9.18 Å². The first-order valence-corrected chi connectivity index (χ1v) is 11.3. The van der Waals surface area contributed by atoms with Crippen molar-refractivity contribution in [1.29, 1.82) is 0 Å². The topological polar surface area (TPSA) is 69.0 Å². The molecule has 3 aromatic rings. The molecule has 0 fully saturated rings. The molecule has 0 saturated heterocycles. The Balaban J connectivity index is 1.38. The summed E-state index contributed by atoms with van der Waals surface area (Å²) in [5, 5.41) is 11.3. The predicted octanol–water partition coefficient (Wildman–Crippen LogP) is 5.34. The summed E-state index contributed by atoms with van der Waals surface area (Å²) in [5.41, 5.74) is 2.11. The number of aromatic nitrogens is 3. The van der Waals surface area contributed by atoms with Crippen molar-refractivity contribution in [1.82, 2.24) is 14.8 Å². The van der Waals surface area contributed by atoms with Crippen LogP contribution in [0.5, 0.6) is 5.75 Å². The summed E-state index contributed by atoms with van der Waals surface area (Å²) in [5.74, 6) is 2.05. The van der Waals surface area contributed by atoms with Crippen LogP contribution in [0.15, 0.2) is 42.5 Å². The molecule has 1 aliphatic heterocycles. The molecule has 168 valence electrons. The van der Waals surface area contributed by atoms with Crippen LogP contribution in [0.1, 0.15) is 56.8 Å². The van der Waals surface area contributed by atoms with Crippen LogP contribution < -0.4 is 10.1 Å². The van der Waals surface area contributed by atoms with Crippen molar-refractivity contribution in [3.63, 3.8) is 0 Å². The third kappa shape index (κ3) is 5.15. The molecule has 1 aromatic heterocycles. The summed E-state index contributed by atoms with van der Waals surface area (Å²) in [6.07, 6.45) is 4.36. The Labute approximate surface area is 187 Å². The van der Waals surface area contributed by atoms with E-state index in [-0.39, 0.29) is 24.6 Å². The van der Waals surface area contributed by atoms with E-state index in [1.807, 2.05) is 24.3 Å². The molecule has 2 heterocycles. The lowest BCUT2D eigenvalue weighted by Crippen LogP contribution is -2.16. The van der Waals surface area contributed by atoms with Gasteiger partial charge in [-0.1, -0.05) is 32.4 Å². The fourth-order valence-electron chi connectivity index (χ4n) is 3.88. The van der Waals surface area contributed by atoms with Crippen LogP contribution in [0.25, 0.3) is 11.4 Å². The van der Waals surface area contributed by atoms with Gasteiger partial charge in [0.1, 0.15) is 17.4 Å². The molecule has 0 aliphatic carbocycles. The minimum Gasteiger partial charge on any atom is -0.493 e. The Morgan fingerprint density at radius 1 is 1.12 bits per heavy atom. The van der Waals surface area contributed by atoms with Crippen molar-refractivity contribution in [2.45, 2.75) is 58.4 Å². The maximum absolute atomic E-state index is 14.4. The van der Waals surface area contributed by atoms with Crippen molar-refractivity contribution in [3.05, 3.63) is 59.7 Å². The van der Waals surface area contributed by atoms with Gasteiger partial charge < -0.3 is 14.6 Å². The molecule has 1 amide bonds. The fraction of sp³-hybridized carbons (Fsp3) is 0.400. The molecule has 1 aliphatic rings. The molecule has 1 N–H and O–H groups in total. The lowest BCUT2D eigenvalue weighted by molar-refractivity contribution is -0.116. The third-order valence-corrected chi connectivity index (χ3v) is 5.75. The molecule has 6 nitrogen and oxygen atoms in total. The van der Waals surface area contributed by atoms with Crippen LogP contribution in [0.3, 0.4) is 0 Å². The number of carbonyl (C=O) groups is 1. The van der Waals surface area contributed by atoms with E-state index in [0.29, 0.717) is 17.5 Å². The Morgan fingerprint density at radius 3 is 2.72 bits per heavy atom. The molecule has 0 atom stereocenters. The maximum Gasteiger partial charge on any atom is 0.227 e. The van der Waals surface area contributed by atoms with Gasteiger partial charge in [0.25, 0.3) is 0 Å². The van der Waals surface area contributed by atoms with Crippen molar-refractivity contribution in [2.24, 2.45) is 0 Å². The summed E-state index contributed by atoms with van der Waals surface area (Å²) in [4.78, 5) is 12.4. The summed E-state index contributed by atoms with van der Waals surface area (Å²) >= 11 is 0. The Morgan fingerprint density at radius 2 is 1.94 bits per heavy atom. The average molecular weight is 437 g/mol. The summed E-state index contributed by atoms with van der Waals surface area (Å²) in [6, 6.07) is 12.5. The number of halogens is 1. The van der Waals surface area contributed by atoms with Crippen LogP contribution in [0, 0.1) is 5.82 Å². The molecule has 0 spiro atoms. The summed E-state index contributed by atoms with van der Waals surface area (Å²) < 4.78 is 22.1. The van der Waals surface area contributed by atoms with Crippen LogP contribution in [-0.2, 0) is 17.8 Å². The standard InChI is InChI=1S/C25H29FN4O2/c1-17(2)18-7-10-20(11-8-18)32-15-13-24(31)27-22-16-19(9-12-21(22)26)25-29-28-23-6-4-3-5-14-30(23)25/h7-12,16-17H,3-6,13-15H2,1-2H3,(H,27,31). The van der Waals surface area contributed by atoms with Gasteiger partial charge in [0.2, 0.25) is 5.91 Å². The highest BCUT2D eigenvalue weighted by Crippen LogP contribution is 2.27. The number of nitrogens with one attached hydrogen (secondary N) is 1. The highest BCUT2D eigenvalue weighted by molar-refractivity contribution is 5.91. The number of ether oxygens (including phenoxy) is 1. The second kappa shape index (κ2) is 9.94. The maximum atomic E-state index is 14.4. The third-order valence-electron chi connectivity index (χ3n) is 5.75. The van der Waals surface area contributed by atoms with E-state index in [0.717, 1.165) is 43.6 Å². The number of rotatable bonds is 7. The first-order chi connectivity index (χ1) is 15.5. The SMILES string of the molecule is CC(C)c1ccc(OCCC(=O)Nc2cc(-c3nnc4n3CCCCC4)ccc2F)cc1. The molecule has 4 rings (SSSR count). The second-order valence-electron chi connectivity index (χ2n) is 8.47. The van der Waals surface area contributed by atoms with Gasteiger partial charge >= 0.3 is 0 Å². The lowest BCUT2D eigenvalue weighted by atomic mass is 10.0. The Kier molecular flexibility index (Phi) is 6.83. The zero-order valence-electron chi connectivity index (χ0n) is 18.6. The summed E-state index contributed by atoms with van der Waals surface area (Å²) in [6.45, 7) is 5.33. The Bertz CT molecular complexity index is 1080. The number of fused-ring (bicyclic) bond motifs is 1. The van der Waals surface area contributed by atoms with Gasteiger partial charge in [-0.3, -0.25) is 4.79 Å². The minimum atomic E-state index is -0.483. The van der Waals surface area contributed by atoms with Gasteiger partial charge in [-0.2, -0.15) is 0 Å². The van der Waals surface area contributed by atoms with E-state index in [2.05, 4.69) is 33.9 Å². The van der Waals surface area contributed by atoms with Gasteiger partial charge in [0, 0.05) is 18.5 Å². The molecule has 0 saturated carbocycles. The molecule has 0 unspecified atom stereocenters. The lowest BCUT2D eigenvalue weighted by Gasteiger charge is -2.11. The van der Waals surface area contributed by atoms with Crippen molar-refractivity contribution in [2.75, 3.05) is 11.9 Å². The van der Waals surface area contributed by atoms with Crippen LogP contribution in [-0.4, -0.2) is 27.3 Å². The molecule has 32 heavy (non-hydrogen) atoms. The number of hydrogen-bond acceptors (Lipinski definition) is 4. The minimum absolute atomic E-state index is 0.121. The molecule has 7 heteroatoms. The second-order valence-corrected chi connectivity index (χ2v) is 8.47. The monoisotopic (exact) mass is 436 g/mol. The van der Waals surface area contributed by atoms with E-state index in [1.54, 1.807) is 12.1 Å². The molecule has 0 bridgehead atoms. The van der Waals surface area contributed by atoms with Crippen molar-refractivity contribution in [3.8, 4) is 17.1 Å². The zero-order chi connectivity index (χ0) is 22.5. The predicted molar refractivity (Wildman–Crippen MR) is 122 cm³/mol. The van der Waals surface area contributed by atoms with Gasteiger partial charge in [-0.15, -0.1) is 10.2 Å². The number of amides is 1. The van der Waals surface area contributed by atoms with Crippen molar-refractivity contribution >= 4 is 11.6 Å². The summed E-state index contributed by atoms with van der Waals surface area (Å²) in [7, 11) is 0. The quantitative estimate of drug-likeness (QED) is 0.543. The fourth-order valence-corrected chi connectivity index (χ4v) is 3.88. The molecule has 2 aromatic carbocycles. The highest BCUT2D eigenvalue weighted by atomic mass is 19.1. The van der Waals surface area contributed by atoms with Crippen LogP contribution in [0.2, 0.25) is 0 Å². The molecular weight excluding hydrogens is 407 g/mol. The normalized spacial score (nSPS) is 13.5. The highest BCUT2D eigenvalue weighted by Gasteiger charge is 2.17. The number of hydrogen-bond donors (Lipinski definition) is 1. The zero-order valence-corrected chi connectivity index (χ0v) is 18.6. The van der Waals surface area contributed by atoms with E-state index >= 15 is 0 Å². The number of nitrogens with zero attached hydrogens (tertiary/aromatic N) is 3. The van der Waals surface area contributed by atoms with Gasteiger partial charge in [0.15, 0.2) is 5.82 Å². The smallest absolute Gasteiger partial charge is 0.227 e. The van der Waals surface area contributed by atoms with Gasteiger partial charge in [-0.25, -0.2) is 4.39 Å². The Hall–Kier alpha value is -3.22.